The van der Waals surface area contributed by atoms with Gasteiger partial charge in [-0.1, -0.05) is 0 Å². The molecule has 0 unspecified atom stereocenters. The molecule has 0 bridgehead atoms. The molecule has 1 aromatic carbocycles. The van der Waals surface area contributed by atoms with Crippen LogP contribution in [0.15, 0.2) is 18.2 Å². The zero-order valence-electron chi connectivity index (χ0n) is 15.9. The summed E-state index contributed by atoms with van der Waals surface area (Å²) in [5, 5.41) is 8.98. The van der Waals surface area contributed by atoms with Crippen molar-refractivity contribution in [2.45, 2.75) is 65.7 Å². The van der Waals surface area contributed by atoms with Crippen molar-refractivity contribution in [1.29, 1.82) is 0 Å². The molecule has 0 fully saturated rings. The van der Waals surface area contributed by atoms with Crippen molar-refractivity contribution in [3.05, 3.63) is 24.0 Å². The van der Waals surface area contributed by atoms with E-state index in [9.17, 15) is 9.59 Å². The number of hydrogen-bond acceptors (Lipinski definition) is 5. The zero-order valence-corrected chi connectivity index (χ0v) is 15.9. The standard InChI is InChI=1S/C19H26N2O5/c1-6-21-15-11-13(25-12(2)18(23)24)7-8-14(15)20-16(21)9-10-17(22)26-19(3,4)5/h7-8,11-12H,6,9-10H2,1-5H3,(H,23,24)/t12-/m1/s1. The number of hydrogen-bond donors (Lipinski definition) is 1. The number of ether oxygens (including phenoxy) is 2. The lowest BCUT2D eigenvalue weighted by atomic mass is 10.2. The topological polar surface area (TPSA) is 90.7 Å². The van der Waals surface area contributed by atoms with Gasteiger partial charge in [0.15, 0.2) is 6.10 Å². The molecule has 142 valence electrons. The van der Waals surface area contributed by atoms with Crippen molar-refractivity contribution in [2.75, 3.05) is 0 Å². The summed E-state index contributed by atoms with van der Waals surface area (Å²) in [6.07, 6.45) is -0.212. The number of carbonyl (C=O) groups excluding carboxylic acids is 1. The lowest BCUT2D eigenvalue weighted by Gasteiger charge is -2.19. The third kappa shape index (κ3) is 4.97. The van der Waals surface area contributed by atoms with Gasteiger partial charge in [0.05, 0.1) is 17.5 Å². The van der Waals surface area contributed by atoms with Crippen LogP contribution in [0.4, 0.5) is 0 Å². The van der Waals surface area contributed by atoms with E-state index < -0.39 is 17.7 Å². The molecule has 0 aliphatic carbocycles. The van der Waals surface area contributed by atoms with Crippen LogP contribution >= 0.6 is 0 Å². The summed E-state index contributed by atoms with van der Waals surface area (Å²) in [4.78, 5) is 27.5. The van der Waals surface area contributed by atoms with Crippen LogP contribution in [-0.2, 0) is 27.3 Å². The third-order valence-corrected chi connectivity index (χ3v) is 3.75. The van der Waals surface area contributed by atoms with E-state index in [2.05, 4.69) is 4.98 Å². The van der Waals surface area contributed by atoms with Crippen molar-refractivity contribution >= 4 is 23.0 Å². The van der Waals surface area contributed by atoms with Gasteiger partial charge in [0.2, 0.25) is 0 Å². The van der Waals surface area contributed by atoms with Crippen LogP contribution in [0.3, 0.4) is 0 Å². The van der Waals surface area contributed by atoms with Gasteiger partial charge in [-0.15, -0.1) is 0 Å². The van der Waals surface area contributed by atoms with Crippen molar-refractivity contribution in [3.63, 3.8) is 0 Å². The number of nitrogens with zero attached hydrogens (tertiary/aromatic N) is 2. The first-order valence-electron chi connectivity index (χ1n) is 8.71. The second kappa shape index (κ2) is 7.76. The molecule has 0 spiro atoms. The van der Waals surface area contributed by atoms with Gasteiger partial charge in [-0.2, -0.15) is 0 Å². The summed E-state index contributed by atoms with van der Waals surface area (Å²) >= 11 is 0. The molecular weight excluding hydrogens is 336 g/mol. The average Bonchev–Trinajstić information content (AvgIpc) is 2.88. The predicted octanol–water partition coefficient (Wildman–Crippen LogP) is 3.18. The molecule has 0 saturated heterocycles. The first-order chi connectivity index (χ1) is 12.1. The van der Waals surface area contributed by atoms with Crippen molar-refractivity contribution in [2.24, 2.45) is 0 Å². The van der Waals surface area contributed by atoms with Gasteiger partial charge < -0.3 is 19.1 Å². The summed E-state index contributed by atoms with van der Waals surface area (Å²) in [5.74, 6) is -0.0175. The molecule has 0 aliphatic heterocycles. The predicted molar refractivity (Wildman–Crippen MR) is 97.3 cm³/mol. The number of imidazole rings is 1. The number of rotatable bonds is 7. The van der Waals surface area contributed by atoms with E-state index >= 15 is 0 Å². The Bertz CT molecular complexity index is 804. The van der Waals surface area contributed by atoms with Crippen LogP contribution in [0.2, 0.25) is 0 Å². The van der Waals surface area contributed by atoms with E-state index in [1.165, 1.54) is 6.92 Å². The van der Waals surface area contributed by atoms with Gasteiger partial charge in [0.25, 0.3) is 0 Å². The molecule has 0 saturated carbocycles. The summed E-state index contributed by atoms with van der Waals surface area (Å²) in [7, 11) is 0. The van der Waals surface area contributed by atoms with E-state index in [-0.39, 0.29) is 12.4 Å². The molecule has 1 atom stereocenters. The maximum Gasteiger partial charge on any atom is 0.344 e. The Kier molecular flexibility index (Phi) is 5.90. The summed E-state index contributed by atoms with van der Waals surface area (Å²) in [6.45, 7) is 9.67. The highest BCUT2D eigenvalue weighted by molar-refractivity contribution is 5.78. The number of fused-ring (bicyclic) bond motifs is 1. The largest absolute Gasteiger partial charge is 0.479 e. The Hall–Kier alpha value is -2.57. The first kappa shape index (κ1) is 19.8. The van der Waals surface area contributed by atoms with E-state index in [1.54, 1.807) is 18.2 Å². The van der Waals surface area contributed by atoms with Crippen LogP contribution < -0.4 is 4.74 Å². The van der Waals surface area contributed by atoms with E-state index in [0.29, 0.717) is 18.7 Å². The molecule has 0 radical (unpaired) electrons. The number of benzene rings is 1. The number of esters is 1. The first-order valence-corrected chi connectivity index (χ1v) is 8.71. The lowest BCUT2D eigenvalue weighted by molar-refractivity contribution is -0.154. The molecule has 1 N–H and O–H groups in total. The van der Waals surface area contributed by atoms with Crippen LogP contribution in [0.5, 0.6) is 5.75 Å². The minimum Gasteiger partial charge on any atom is -0.479 e. The highest BCUT2D eigenvalue weighted by Crippen LogP contribution is 2.24. The fourth-order valence-corrected chi connectivity index (χ4v) is 2.63. The minimum atomic E-state index is -1.02. The smallest absolute Gasteiger partial charge is 0.344 e. The quantitative estimate of drug-likeness (QED) is 0.761. The molecule has 7 nitrogen and oxygen atoms in total. The second-order valence-electron chi connectivity index (χ2n) is 7.11. The van der Waals surface area contributed by atoms with Gasteiger partial charge >= 0.3 is 11.9 Å². The summed E-state index contributed by atoms with van der Waals surface area (Å²) < 4.78 is 12.8. The number of aromatic nitrogens is 2. The highest BCUT2D eigenvalue weighted by Gasteiger charge is 2.18. The number of carboxylic acids is 1. The maximum absolute atomic E-state index is 12.0. The maximum atomic E-state index is 12.0. The van der Waals surface area contributed by atoms with E-state index in [4.69, 9.17) is 14.6 Å². The summed E-state index contributed by atoms with van der Waals surface area (Å²) in [5.41, 5.74) is 1.12. The fraction of sp³-hybridized carbons (Fsp3) is 0.526. The average molecular weight is 362 g/mol. The van der Waals surface area contributed by atoms with Crippen molar-refractivity contribution in [3.8, 4) is 5.75 Å². The van der Waals surface area contributed by atoms with Crippen LogP contribution in [0.25, 0.3) is 11.0 Å². The molecule has 0 amide bonds. The molecule has 7 heteroatoms. The molecule has 26 heavy (non-hydrogen) atoms. The monoisotopic (exact) mass is 362 g/mol. The molecular formula is C19H26N2O5. The van der Waals surface area contributed by atoms with Gasteiger partial charge in [0.1, 0.15) is 17.2 Å². The Morgan fingerprint density at radius 1 is 1.31 bits per heavy atom. The Balaban J connectivity index is 2.20. The third-order valence-electron chi connectivity index (χ3n) is 3.75. The highest BCUT2D eigenvalue weighted by atomic mass is 16.6. The number of carboxylic acid groups (broad SMARTS) is 1. The van der Waals surface area contributed by atoms with Gasteiger partial charge in [-0.25, -0.2) is 9.78 Å². The van der Waals surface area contributed by atoms with Crippen molar-refractivity contribution < 1.29 is 24.2 Å². The van der Waals surface area contributed by atoms with Gasteiger partial charge in [0, 0.05) is 19.0 Å². The number of carbonyl (C=O) groups is 2. The van der Waals surface area contributed by atoms with Crippen LogP contribution in [0.1, 0.15) is 46.9 Å². The Labute approximate surface area is 152 Å². The SMILES string of the molecule is CCn1c(CCC(=O)OC(C)(C)C)nc2ccc(O[C@H](C)C(=O)O)cc21. The fourth-order valence-electron chi connectivity index (χ4n) is 2.63. The lowest BCUT2D eigenvalue weighted by Crippen LogP contribution is -2.24. The molecule has 1 aromatic heterocycles. The Morgan fingerprint density at radius 3 is 2.58 bits per heavy atom. The molecule has 1 heterocycles. The zero-order chi connectivity index (χ0) is 19.5. The van der Waals surface area contributed by atoms with E-state index in [1.807, 2.05) is 32.3 Å². The van der Waals surface area contributed by atoms with Gasteiger partial charge in [-0.3, -0.25) is 4.79 Å². The molecule has 2 rings (SSSR count). The summed E-state index contributed by atoms with van der Waals surface area (Å²) in [6, 6.07) is 5.27. The van der Waals surface area contributed by atoms with Crippen LogP contribution in [0, 0.1) is 0 Å². The molecule has 0 aliphatic rings. The van der Waals surface area contributed by atoms with E-state index in [0.717, 1.165) is 16.9 Å². The normalized spacial score (nSPS) is 12.8. The molecule has 2 aromatic rings. The van der Waals surface area contributed by atoms with Gasteiger partial charge in [-0.05, 0) is 46.8 Å². The Morgan fingerprint density at radius 2 is 2.00 bits per heavy atom. The van der Waals surface area contributed by atoms with Crippen molar-refractivity contribution in [1.82, 2.24) is 9.55 Å². The number of aryl methyl sites for hydroxylation is 2. The second-order valence-corrected chi connectivity index (χ2v) is 7.11. The van der Waals surface area contributed by atoms with Crippen LogP contribution in [-0.4, -0.2) is 38.3 Å². The minimum absolute atomic E-state index is 0.250. The number of aliphatic carboxylic acids is 1.